The van der Waals surface area contributed by atoms with Gasteiger partial charge < -0.3 is 5.32 Å². The second-order valence-electron chi connectivity index (χ2n) is 6.09. The molecule has 2 fully saturated rings. The maximum Gasteiger partial charge on any atom is 0.244 e. The molecule has 3 rings (SSSR count). The van der Waals surface area contributed by atoms with Crippen LogP contribution in [0.1, 0.15) is 24.1 Å². The van der Waals surface area contributed by atoms with E-state index in [-0.39, 0.29) is 5.91 Å². The maximum absolute atomic E-state index is 11.8. The molecule has 0 aliphatic carbocycles. The Bertz CT molecular complexity index is 487. The normalized spacial score (nSPS) is 24.1. The van der Waals surface area contributed by atoms with Crippen LogP contribution in [-0.4, -0.2) is 48.0 Å². The van der Waals surface area contributed by atoms with E-state index in [2.05, 4.69) is 22.0 Å². The van der Waals surface area contributed by atoms with Gasteiger partial charge in [-0.15, -0.1) is 11.3 Å². The minimum absolute atomic E-state index is 0.0306. The zero-order valence-corrected chi connectivity index (χ0v) is 14.5. The summed E-state index contributed by atoms with van der Waals surface area (Å²) in [7, 11) is 0. The lowest BCUT2D eigenvalue weighted by molar-refractivity contribution is -0.116. The fraction of sp³-hybridized carbons (Fsp3) is 0.588. The van der Waals surface area contributed by atoms with Crippen LogP contribution in [0, 0.1) is 5.92 Å². The van der Waals surface area contributed by atoms with Crippen molar-refractivity contribution < 1.29 is 4.79 Å². The quantitative estimate of drug-likeness (QED) is 0.839. The summed E-state index contributed by atoms with van der Waals surface area (Å²) in [5.41, 5.74) is 0. The molecule has 0 unspecified atom stereocenters. The highest BCUT2D eigenvalue weighted by molar-refractivity contribution is 7.99. The van der Waals surface area contributed by atoms with E-state index in [1.54, 1.807) is 17.4 Å². The molecular formula is C17H24N2OS2. The van der Waals surface area contributed by atoms with Gasteiger partial charge in [0.25, 0.3) is 0 Å². The second-order valence-corrected chi connectivity index (χ2v) is 8.22. The summed E-state index contributed by atoms with van der Waals surface area (Å²) < 4.78 is 0. The minimum Gasteiger partial charge on any atom is -0.352 e. The van der Waals surface area contributed by atoms with Gasteiger partial charge in [0.15, 0.2) is 0 Å². The number of thiophene rings is 1. The first kappa shape index (κ1) is 16.1. The van der Waals surface area contributed by atoms with Crippen LogP contribution in [0.25, 0.3) is 6.08 Å². The molecule has 1 N–H and O–H groups in total. The number of piperidine rings is 1. The molecule has 0 saturated carbocycles. The van der Waals surface area contributed by atoms with E-state index >= 15 is 0 Å². The molecule has 0 aromatic carbocycles. The Kier molecular flexibility index (Phi) is 5.98. The van der Waals surface area contributed by atoms with Crippen LogP contribution in [0.15, 0.2) is 23.6 Å². The number of hydrogen-bond acceptors (Lipinski definition) is 4. The van der Waals surface area contributed by atoms with Crippen molar-refractivity contribution in [2.24, 2.45) is 5.92 Å². The molecule has 1 amide bonds. The largest absolute Gasteiger partial charge is 0.352 e. The molecule has 120 valence electrons. The van der Waals surface area contributed by atoms with Crippen molar-refractivity contribution in [1.82, 2.24) is 10.2 Å². The standard InChI is InChI=1S/C17H24N2OS2/c20-17(4-3-16-2-1-10-22-16)18-12-14-5-8-19(9-6-14)15-7-11-21-13-15/h1-4,10,14-15H,5-9,11-13H2,(H,18,20)/b4-3+/t15-/m1/s1. The first-order chi connectivity index (χ1) is 10.8. The number of rotatable bonds is 5. The Morgan fingerprint density at radius 2 is 2.23 bits per heavy atom. The van der Waals surface area contributed by atoms with Crippen molar-refractivity contribution in [2.75, 3.05) is 31.1 Å². The van der Waals surface area contributed by atoms with E-state index in [0.717, 1.165) is 17.5 Å². The van der Waals surface area contributed by atoms with Gasteiger partial charge in [-0.05, 0) is 61.5 Å². The van der Waals surface area contributed by atoms with Crippen molar-refractivity contribution in [2.45, 2.75) is 25.3 Å². The first-order valence-electron chi connectivity index (χ1n) is 8.12. The summed E-state index contributed by atoms with van der Waals surface area (Å²) in [6.07, 6.45) is 7.34. The topological polar surface area (TPSA) is 32.3 Å². The molecule has 2 saturated heterocycles. The summed E-state index contributed by atoms with van der Waals surface area (Å²) in [5, 5.41) is 5.08. The fourth-order valence-electron chi connectivity index (χ4n) is 3.18. The van der Waals surface area contributed by atoms with E-state index < -0.39 is 0 Å². The molecule has 1 atom stereocenters. The third kappa shape index (κ3) is 4.61. The fourth-order valence-corrected chi connectivity index (χ4v) is 5.05. The summed E-state index contributed by atoms with van der Waals surface area (Å²) in [6, 6.07) is 4.83. The lowest BCUT2D eigenvalue weighted by Gasteiger charge is -2.35. The van der Waals surface area contributed by atoms with Gasteiger partial charge in [0.2, 0.25) is 5.91 Å². The Balaban J connectivity index is 1.35. The maximum atomic E-state index is 11.8. The first-order valence-corrected chi connectivity index (χ1v) is 10.2. The SMILES string of the molecule is O=C(/C=C/c1cccs1)NCC1CCN([C@@H]2CCSC2)CC1. The van der Waals surface area contributed by atoms with E-state index in [9.17, 15) is 4.79 Å². The van der Waals surface area contributed by atoms with Crippen LogP contribution >= 0.6 is 23.1 Å². The molecule has 1 aromatic rings. The summed E-state index contributed by atoms with van der Waals surface area (Å²) in [6.45, 7) is 3.23. The van der Waals surface area contributed by atoms with Crippen LogP contribution in [0.4, 0.5) is 0 Å². The average Bonchev–Trinajstić information content (AvgIpc) is 3.24. The third-order valence-electron chi connectivity index (χ3n) is 4.58. The molecule has 0 radical (unpaired) electrons. The van der Waals surface area contributed by atoms with Gasteiger partial charge in [-0.2, -0.15) is 11.8 Å². The molecule has 2 aliphatic heterocycles. The van der Waals surface area contributed by atoms with Gasteiger partial charge in [-0.3, -0.25) is 9.69 Å². The monoisotopic (exact) mass is 336 g/mol. The van der Waals surface area contributed by atoms with Gasteiger partial charge in [-0.25, -0.2) is 0 Å². The van der Waals surface area contributed by atoms with Gasteiger partial charge in [0, 0.05) is 29.3 Å². The number of carbonyl (C=O) groups is 1. The molecule has 3 nitrogen and oxygen atoms in total. The lowest BCUT2D eigenvalue weighted by Crippen LogP contribution is -2.43. The number of likely N-dealkylation sites (tertiary alicyclic amines) is 1. The lowest BCUT2D eigenvalue weighted by atomic mass is 9.95. The Hall–Kier alpha value is -0.780. The molecule has 0 spiro atoms. The Morgan fingerprint density at radius 3 is 2.91 bits per heavy atom. The predicted molar refractivity (Wildman–Crippen MR) is 96.4 cm³/mol. The van der Waals surface area contributed by atoms with Gasteiger partial charge in [0.05, 0.1) is 0 Å². The highest BCUT2D eigenvalue weighted by Gasteiger charge is 2.27. The molecule has 22 heavy (non-hydrogen) atoms. The highest BCUT2D eigenvalue weighted by Crippen LogP contribution is 2.26. The van der Waals surface area contributed by atoms with E-state index in [0.29, 0.717) is 5.92 Å². The number of nitrogens with one attached hydrogen (secondary N) is 1. The van der Waals surface area contributed by atoms with Gasteiger partial charge in [0.1, 0.15) is 0 Å². The van der Waals surface area contributed by atoms with Crippen molar-refractivity contribution >= 4 is 35.1 Å². The van der Waals surface area contributed by atoms with Gasteiger partial charge >= 0.3 is 0 Å². The molecular weight excluding hydrogens is 312 g/mol. The number of nitrogens with zero attached hydrogens (tertiary/aromatic N) is 1. The molecule has 0 bridgehead atoms. The number of amides is 1. The number of carbonyl (C=O) groups excluding carboxylic acids is 1. The van der Waals surface area contributed by atoms with Crippen LogP contribution in [-0.2, 0) is 4.79 Å². The second kappa shape index (κ2) is 8.18. The number of hydrogen-bond donors (Lipinski definition) is 1. The summed E-state index contributed by atoms with van der Waals surface area (Å²) in [4.78, 5) is 15.6. The summed E-state index contributed by atoms with van der Waals surface area (Å²) in [5.74, 6) is 3.32. The van der Waals surface area contributed by atoms with Gasteiger partial charge in [-0.1, -0.05) is 6.07 Å². The summed E-state index contributed by atoms with van der Waals surface area (Å²) >= 11 is 3.74. The van der Waals surface area contributed by atoms with E-state index in [1.165, 1.54) is 43.9 Å². The van der Waals surface area contributed by atoms with E-state index in [1.807, 2.05) is 23.6 Å². The molecule has 5 heteroatoms. The average molecular weight is 337 g/mol. The van der Waals surface area contributed by atoms with Crippen molar-refractivity contribution in [3.05, 3.63) is 28.5 Å². The van der Waals surface area contributed by atoms with Crippen LogP contribution in [0.2, 0.25) is 0 Å². The minimum atomic E-state index is 0.0306. The third-order valence-corrected chi connectivity index (χ3v) is 6.56. The zero-order valence-electron chi connectivity index (χ0n) is 12.9. The molecule has 3 heterocycles. The molecule has 2 aliphatic rings. The van der Waals surface area contributed by atoms with Crippen molar-refractivity contribution in [3.63, 3.8) is 0 Å². The van der Waals surface area contributed by atoms with Crippen molar-refractivity contribution in [3.8, 4) is 0 Å². The van der Waals surface area contributed by atoms with E-state index in [4.69, 9.17) is 0 Å². The Labute approximate surface area is 141 Å². The van der Waals surface area contributed by atoms with Crippen molar-refractivity contribution in [1.29, 1.82) is 0 Å². The number of thioether (sulfide) groups is 1. The van der Waals surface area contributed by atoms with Crippen LogP contribution < -0.4 is 5.32 Å². The highest BCUT2D eigenvalue weighted by atomic mass is 32.2. The smallest absolute Gasteiger partial charge is 0.244 e. The predicted octanol–water partition coefficient (Wildman–Crippen LogP) is 3.10. The Morgan fingerprint density at radius 1 is 1.36 bits per heavy atom. The van der Waals surface area contributed by atoms with Crippen LogP contribution in [0.3, 0.4) is 0 Å². The van der Waals surface area contributed by atoms with Crippen LogP contribution in [0.5, 0.6) is 0 Å². The molecule has 1 aromatic heterocycles. The zero-order chi connectivity index (χ0) is 15.2.